The molecule has 3 N–H and O–H groups in total. The summed E-state index contributed by atoms with van der Waals surface area (Å²) in [4.78, 5) is 23.5. The zero-order chi connectivity index (χ0) is 16.8. The minimum atomic E-state index is -0.472. The fraction of sp³-hybridized carbons (Fsp3) is 0.529. The van der Waals surface area contributed by atoms with Crippen molar-refractivity contribution in [3.63, 3.8) is 0 Å². The first-order valence-electron chi connectivity index (χ1n) is 7.59. The maximum atomic E-state index is 11.9. The predicted molar refractivity (Wildman–Crippen MR) is 88.5 cm³/mol. The van der Waals surface area contributed by atoms with Crippen LogP contribution in [-0.2, 0) is 4.79 Å². The third kappa shape index (κ3) is 6.72. The molecule has 5 heteroatoms. The Morgan fingerprint density at radius 3 is 2.18 bits per heavy atom. The zero-order valence-corrected chi connectivity index (χ0v) is 14.1. The number of carbonyl (C=O) groups is 2. The van der Waals surface area contributed by atoms with Gasteiger partial charge in [0.2, 0.25) is 5.91 Å². The Bertz CT molecular complexity index is 492. The minimum Gasteiger partial charge on any atom is -0.333 e. The number of nitrogens with one attached hydrogen (secondary N) is 3. The topological polar surface area (TPSA) is 70.2 Å². The van der Waals surface area contributed by atoms with Crippen molar-refractivity contribution in [3.05, 3.63) is 35.9 Å². The van der Waals surface area contributed by atoms with E-state index in [1.807, 2.05) is 51.1 Å². The first-order chi connectivity index (χ1) is 10.2. The Morgan fingerprint density at radius 1 is 1.09 bits per heavy atom. The lowest BCUT2D eigenvalue weighted by Crippen LogP contribution is -2.50. The molecule has 5 nitrogen and oxygen atoms in total. The standard InChI is InChI=1S/C17H27N3O2/c1-12(2)15(13-9-7-6-8-10-13)18-11-14(21)19-16(22)20-17(3,4)5/h6-10,12,15,18H,11H2,1-5H3,(H2,19,20,21,22)/t15-/m1/s1. The number of urea groups is 1. The van der Waals surface area contributed by atoms with E-state index in [0.717, 1.165) is 5.56 Å². The molecule has 1 rings (SSSR count). The number of benzene rings is 1. The lowest BCUT2D eigenvalue weighted by atomic mass is 9.96. The lowest BCUT2D eigenvalue weighted by molar-refractivity contribution is -0.119. The van der Waals surface area contributed by atoms with Crippen molar-refractivity contribution in [2.45, 2.75) is 46.2 Å². The molecule has 0 aliphatic carbocycles. The van der Waals surface area contributed by atoms with Gasteiger partial charge in [0.15, 0.2) is 0 Å². The average molecular weight is 305 g/mol. The minimum absolute atomic E-state index is 0.0672. The molecule has 0 radical (unpaired) electrons. The van der Waals surface area contributed by atoms with Gasteiger partial charge < -0.3 is 10.6 Å². The normalized spacial score (nSPS) is 12.8. The fourth-order valence-corrected chi connectivity index (χ4v) is 2.14. The molecule has 1 aromatic carbocycles. The van der Waals surface area contributed by atoms with Crippen LogP contribution < -0.4 is 16.0 Å². The van der Waals surface area contributed by atoms with E-state index in [2.05, 4.69) is 29.8 Å². The van der Waals surface area contributed by atoms with Crippen LogP contribution in [0.25, 0.3) is 0 Å². The molecular weight excluding hydrogens is 278 g/mol. The van der Waals surface area contributed by atoms with Crippen LogP contribution in [0, 0.1) is 5.92 Å². The van der Waals surface area contributed by atoms with Crippen LogP contribution in [0.4, 0.5) is 4.79 Å². The first-order valence-corrected chi connectivity index (χ1v) is 7.59. The van der Waals surface area contributed by atoms with E-state index in [1.54, 1.807) is 0 Å². The molecular formula is C17H27N3O2. The van der Waals surface area contributed by atoms with Gasteiger partial charge in [0.25, 0.3) is 0 Å². The molecule has 0 saturated heterocycles. The Hall–Kier alpha value is -1.88. The van der Waals surface area contributed by atoms with Gasteiger partial charge in [-0.15, -0.1) is 0 Å². The highest BCUT2D eigenvalue weighted by Gasteiger charge is 2.18. The summed E-state index contributed by atoms with van der Waals surface area (Å²) in [5.41, 5.74) is 0.756. The average Bonchev–Trinajstić information content (AvgIpc) is 2.37. The fourth-order valence-electron chi connectivity index (χ4n) is 2.14. The SMILES string of the molecule is CC(C)[C@@H](NCC(=O)NC(=O)NC(C)(C)C)c1ccccc1. The summed E-state index contributed by atoms with van der Waals surface area (Å²) in [5.74, 6) is -0.0121. The highest BCUT2D eigenvalue weighted by atomic mass is 16.2. The third-order valence-electron chi connectivity index (χ3n) is 3.05. The molecule has 0 aliphatic heterocycles. The van der Waals surface area contributed by atoms with E-state index in [1.165, 1.54) is 0 Å². The lowest BCUT2D eigenvalue weighted by Gasteiger charge is -2.23. The second-order valence-corrected chi connectivity index (χ2v) is 6.77. The molecule has 0 bridgehead atoms. The molecule has 22 heavy (non-hydrogen) atoms. The maximum absolute atomic E-state index is 11.9. The number of imide groups is 1. The molecule has 0 spiro atoms. The predicted octanol–water partition coefficient (Wildman–Crippen LogP) is 2.60. The number of hydrogen-bond acceptors (Lipinski definition) is 3. The highest BCUT2D eigenvalue weighted by molar-refractivity contribution is 5.95. The summed E-state index contributed by atoms with van der Waals surface area (Å²) in [6.45, 7) is 9.86. The van der Waals surface area contributed by atoms with Gasteiger partial charge in [-0.1, -0.05) is 44.2 Å². The molecule has 0 saturated carbocycles. The van der Waals surface area contributed by atoms with E-state index in [0.29, 0.717) is 5.92 Å². The van der Waals surface area contributed by atoms with Crippen LogP contribution in [-0.4, -0.2) is 24.0 Å². The highest BCUT2D eigenvalue weighted by Crippen LogP contribution is 2.20. The summed E-state index contributed by atoms with van der Waals surface area (Å²) in [6, 6.07) is 9.57. The first kappa shape index (κ1) is 18.2. The van der Waals surface area contributed by atoms with Crippen LogP contribution >= 0.6 is 0 Å². The quantitative estimate of drug-likeness (QED) is 0.783. The van der Waals surface area contributed by atoms with Crippen LogP contribution in [0.2, 0.25) is 0 Å². The monoisotopic (exact) mass is 305 g/mol. The number of amides is 3. The van der Waals surface area contributed by atoms with Gasteiger partial charge in [-0.3, -0.25) is 10.1 Å². The third-order valence-corrected chi connectivity index (χ3v) is 3.05. The molecule has 3 amide bonds. The van der Waals surface area contributed by atoms with Crippen LogP contribution in [0.15, 0.2) is 30.3 Å². The van der Waals surface area contributed by atoms with E-state index in [9.17, 15) is 9.59 Å². The van der Waals surface area contributed by atoms with Crippen molar-refractivity contribution >= 4 is 11.9 Å². The van der Waals surface area contributed by atoms with Crippen molar-refractivity contribution in [1.29, 1.82) is 0 Å². The summed E-state index contributed by atoms with van der Waals surface area (Å²) < 4.78 is 0. The van der Waals surface area contributed by atoms with Gasteiger partial charge in [-0.2, -0.15) is 0 Å². The largest absolute Gasteiger partial charge is 0.333 e. The van der Waals surface area contributed by atoms with Gasteiger partial charge in [0, 0.05) is 11.6 Å². The molecule has 0 unspecified atom stereocenters. The molecule has 0 fully saturated rings. The zero-order valence-electron chi connectivity index (χ0n) is 14.1. The molecule has 0 heterocycles. The Balaban J connectivity index is 2.52. The summed E-state index contributed by atoms with van der Waals surface area (Å²) in [6.07, 6.45) is 0. The van der Waals surface area contributed by atoms with Crippen molar-refractivity contribution in [2.24, 2.45) is 5.92 Å². The number of carbonyl (C=O) groups excluding carboxylic acids is 2. The molecule has 1 atom stereocenters. The van der Waals surface area contributed by atoms with Crippen LogP contribution in [0.3, 0.4) is 0 Å². The second kappa shape index (κ2) is 7.94. The molecule has 1 aromatic rings. The second-order valence-electron chi connectivity index (χ2n) is 6.77. The molecule has 122 valence electrons. The van der Waals surface area contributed by atoms with E-state index in [-0.39, 0.29) is 24.0 Å². The summed E-state index contributed by atoms with van der Waals surface area (Å²) in [5, 5.41) is 8.24. The summed E-state index contributed by atoms with van der Waals surface area (Å²) in [7, 11) is 0. The maximum Gasteiger partial charge on any atom is 0.321 e. The van der Waals surface area contributed by atoms with Gasteiger partial charge >= 0.3 is 6.03 Å². The number of hydrogen-bond donors (Lipinski definition) is 3. The van der Waals surface area contributed by atoms with Crippen molar-refractivity contribution < 1.29 is 9.59 Å². The van der Waals surface area contributed by atoms with Gasteiger partial charge in [-0.25, -0.2) is 4.79 Å². The van der Waals surface area contributed by atoms with Gasteiger partial charge in [0.1, 0.15) is 0 Å². The molecule has 0 aromatic heterocycles. The van der Waals surface area contributed by atoms with Crippen molar-refractivity contribution in [2.75, 3.05) is 6.54 Å². The van der Waals surface area contributed by atoms with Gasteiger partial charge in [0.05, 0.1) is 6.54 Å². The molecule has 0 aliphatic rings. The number of rotatable bonds is 5. The Labute approximate surface area is 132 Å². The van der Waals surface area contributed by atoms with E-state index in [4.69, 9.17) is 0 Å². The van der Waals surface area contributed by atoms with Gasteiger partial charge in [-0.05, 0) is 32.3 Å². The Morgan fingerprint density at radius 2 is 1.68 bits per heavy atom. The van der Waals surface area contributed by atoms with Crippen molar-refractivity contribution in [3.8, 4) is 0 Å². The van der Waals surface area contributed by atoms with Crippen LogP contribution in [0.5, 0.6) is 0 Å². The van der Waals surface area contributed by atoms with Crippen molar-refractivity contribution in [1.82, 2.24) is 16.0 Å². The van der Waals surface area contributed by atoms with E-state index < -0.39 is 6.03 Å². The van der Waals surface area contributed by atoms with E-state index >= 15 is 0 Å². The van der Waals surface area contributed by atoms with Crippen LogP contribution in [0.1, 0.15) is 46.2 Å². The Kier molecular flexibility index (Phi) is 6.56. The smallest absolute Gasteiger partial charge is 0.321 e. The summed E-state index contributed by atoms with van der Waals surface area (Å²) >= 11 is 0.